The zero-order chi connectivity index (χ0) is 6.27. The molecule has 0 aromatic heterocycles. The van der Waals surface area contributed by atoms with Crippen molar-refractivity contribution in [2.75, 3.05) is 11.5 Å². The van der Waals surface area contributed by atoms with Crippen molar-refractivity contribution in [3.05, 3.63) is 0 Å². The van der Waals surface area contributed by atoms with Gasteiger partial charge in [-0.2, -0.15) is 11.8 Å². The second kappa shape index (κ2) is 3.33. The fourth-order valence-electron chi connectivity index (χ4n) is 2.04. The Bertz CT molecular complexity index is 108. The van der Waals surface area contributed by atoms with E-state index >= 15 is 0 Å². The molecule has 1 aliphatic carbocycles. The van der Waals surface area contributed by atoms with Crippen LogP contribution >= 0.6 is 24.2 Å². The van der Waals surface area contributed by atoms with E-state index < -0.39 is 0 Å². The van der Waals surface area contributed by atoms with E-state index in [2.05, 4.69) is 11.8 Å². The van der Waals surface area contributed by atoms with Crippen molar-refractivity contribution in [1.82, 2.24) is 0 Å². The number of fused-ring (bicyclic) bond motifs is 1. The zero-order valence-electron chi connectivity index (χ0n) is 5.95. The van der Waals surface area contributed by atoms with Gasteiger partial charge in [-0.1, -0.05) is 0 Å². The molecule has 2 N–H and O–H groups in total. The van der Waals surface area contributed by atoms with Gasteiger partial charge in [0.15, 0.2) is 0 Å². The quantitative estimate of drug-likeness (QED) is 0.610. The SMILES string of the molecule is Cl.NC1C[C@@H]2CSC[C@H]2C1. The Kier molecular flexibility index (Phi) is 2.90. The molecule has 3 heteroatoms. The van der Waals surface area contributed by atoms with Crippen LogP contribution < -0.4 is 5.73 Å². The zero-order valence-corrected chi connectivity index (χ0v) is 7.59. The van der Waals surface area contributed by atoms with Gasteiger partial charge >= 0.3 is 0 Å². The molecule has 1 heterocycles. The Morgan fingerprint density at radius 2 is 1.60 bits per heavy atom. The summed E-state index contributed by atoms with van der Waals surface area (Å²) in [5, 5.41) is 0. The van der Waals surface area contributed by atoms with Crippen molar-refractivity contribution < 1.29 is 0 Å². The van der Waals surface area contributed by atoms with E-state index in [0.29, 0.717) is 6.04 Å². The lowest BCUT2D eigenvalue weighted by molar-refractivity contribution is 0.494. The highest BCUT2D eigenvalue weighted by molar-refractivity contribution is 7.99. The predicted molar refractivity (Wildman–Crippen MR) is 48.8 cm³/mol. The molecule has 2 atom stereocenters. The average molecular weight is 180 g/mol. The summed E-state index contributed by atoms with van der Waals surface area (Å²) in [6.07, 6.45) is 2.61. The first-order valence-electron chi connectivity index (χ1n) is 3.69. The van der Waals surface area contributed by atoms with E-state index in [9.17, 15) is 0 Å². The standard InChI is InChI=1S/C7H13NS.ClH/c8-7-1-5-3-9-4-6(5)2-7;/h5-7H,1-4,8H2;1H/t5-,6-;/m1./s1. The lowest BCUT2D eigenvalue weighted by atomic mass is 10.0. The van der Waals surface area contributed by atoms with Crippen LogP contribution in [0.15, 0.2) is 0 Å². The lowest BCUT2D eigenvalue weighted by Crippen LogP contribution is -2.15. The summed E-state index contributed by atoms with van der Waals surface area (Å²) in [6.45, 7) is 0. The molecule has 0 amide bonds. The van der Waals surface area contributed by atoms with Crippen LogP contribution in [0.1, 0.15) is 12.8 Å². The lowest BCUT2D eigenvalue weighted by Gasteiger charge is -2.02. The second-order valence-corrected chi connectivity index (χ2v) is 4.36. The molecule has 0 spiro atoms. The molecule has 1 aliphatic heterocycles. The fourth-order valence-corrected chi connectivity index (χ4v) is 3.60. The van der Waals surface area contributed by atoms with Gasteiger partial charge in [-0.05, 0) is 36.2 Å². The van der Waals surface area contributed by atoms with Crippen LogP contribution in [0.2, 0.25) is 0 Å². The number of thioether (sulfide) groups is 1. The number of halogens is 1. The number of nitrogens with two attached hydrogens (primary N) is 1. The van der Waals surface area contributed by atoms with Gasteiger partial charge in [-0.3, -0.25) is 0 Å². The maximum absolute atomic E-state index is 5.82. The van der Waals surface area contributed by atoms with E-state index in [1.165, 1.54) is 24.3 Å². The third-order valence-corrected chi connectivity index (χ3v) is 3.87. The number of rotatable bonds is 0. The Balaban J connectivity index is 0.000000500. The van der Waals surface area contributed by atoms with Gasteiger partial charge in [-0.25, -0.2) is 0 Å². The molecule has 0 radical (unpaired) electrons. The maximum Gasteiger partial charge on any atom is 0.00449 e. The Morgan fingerprint density at radius 1 is 1.10 bits per heavy atom. The minimum atomic E-state index is 0. The molecule has 2 fully saturated rings. The van der Waals surface area contributed by atoms with Crippen LogP contribution in [-0.4, -0.2) is 17.5 Å². The maximum atomic E-state index is 5.82. The van der Waals surface area contributed by atoms with Crippen molar-refractivity contribution in [3.63, 3.8) is 0 Å². The minimum absolute atomic E-state index is 0. The van der Waals surface area contributed by atoms with E-state index in [4.69, 9.17) is 5.73 Å². The van der Waals surface area contributed by atoms with Crippen LogP contribution in [0.25, 0.3) is 0 Å². The highest BCUT2D eigenvalue weighted by atomic mass is 35.5. The van der Waals surface area contributed by atoms with Crippen LogP contribution in [0, 0.1) is 11.8 Å². The topological polar surface area (TPSA) is 26.0 Å². The third kappa shape index (κ3) is 1.44. The van der Waals surface area contributed by atoms with Gasteiger partial charge < -0.3 is 5.73 Å². The van der Waals surface area contributed by atoms with Crippen LogP contribution in [0.3, 0.4) is 0 Å². The van der Waals surface area contributed by atoms with Crippen molar-refractivity contribution >= 4 is 24.2 Å². The molecule has 1 nitrogen and oxygen atoms in total. The van der Waals surface area contributed by atoms with Crippen molar-refractivity contribution in [2.45, 2.75) is 18.9 Å². The molecule has 2 rings (SSSR count). The van der Waals surface area contributed by atoms with Gasteiger partial charge in [0.05, 0.1) is 0 Å². The summed E-state index contributed by atoms with van der Waals surface area (Å²) < 4.78 is 0. The summed E-state index contributed by atoms with van der Waals surface area (Å²) in [7, 11) is 0. The minimum Gasteiger partial charge on any atom is -0.328 e. The molecule has 0 aromatic carbocycles. The van der Waals surface area contributed by atoms with Gasteiger partial charge in [0.25, 0.3) is 0 Å². The molecular formula is C7H14ClNS. The summed E-state index contributed by atoms with van der Waals surface area (Å²) in [6, 6.07) is 0.542. The molecule has 0 bridgehead atoms. The van der Waals surface area contributed by atoms with Gasteiger partial charge in [0.2, 0.25) is 0 Å². The molecule has 0 unspecified atom stereocenters. The Hall–Kier alpha value is 0.600. The molecule has 2 aliphatic rings. The smallest absolute Gasteiger partial charge is 0.00449 e. The fraction of sp³-hybridized carbons (Fsp3) is 1.00. The van der Waals surface area contributed by atoms with Crippen LogP contribution in [0.4, 0.5) is 0 Å². The first kappa shape index (κ1) is 8.69. The normalized spacial score (nSPS) is 39.3. The van der Waals surface area contributed by atoms with Crippen LogP contribution in [-0.2, 0) is 0 Å². The first-order valence-corrected chi connectivity index (χ1v) is 4.85. The summed E-state index contributed by atoms with van der Waals surface area (Å²) >= 11 is 2.11. The largest absolute Gasteiger partial charge is 0.328 e. The van der Waals surface area contributed by atoms with E-state index in [1.54, 1.807) is 0 Å². The Morgan fingerprint density at radius 3 is 2.10 bits per heavy atom. The predicted octanol–water partition coefficient (Wildman–Crippen LogP) is 1.51. The molecule has 1 saturated heterocycles. The molecule has 0 aromatic rings. The van der Waals surface area contributed by atoms with Crippen molar-refractivity contribution in [1.29, 1.82) is 0 Å². The monoisotopic (exact) mass is 179 g/mol. The van der Waals surface area contributed by atoms with E-state index in [1.807, 2.05) is 0 Å². The molecule has 60 valence electrons. The van der Waals surface area contributed by atoms with E-state index in [0.717, 1.165) is 11.8 Å². The van der Waals surface area contributed by atoms with Crippen molar-refractivity contribution in [3.8, 4) is 0 Å². The van der Waals surface area contributed by atoms with Gasteiger partial charge in [0, 0.05) is 6.04 Å². The van der Waals surface area contributed by atoms with Gasteiger partial charge in [0.1, 0.15) is 0 Å². The second-order valence-electron chi connectivity index (χ2n) is 3.29. The molecular weight excluding hydrogens is 166 g/mol. The van der Waals surface area contributed by atoms with Crippen LogP contribution in [0.5, 0.6) is 0 Å². The summed E-state index contributed by atoms with van der Waals surface area (Å²) in [5.74, 6) is 4.76. The third-order valence-electron chi connectivity index (χ3n) is 2.54. The van der Waals surface area contributed by atoms with Gasteiger partial charge in [-0.15, -0.1) is 12.4 Å². The van der Waals surface area contributed by atoms with Crippen molar-refractivity contribution in [2.24, 2.45) is 17.6 Å². The highest BCUT2D eigenvalue weighted by Gasteiger charge is 2.35. The summed E-state index contributed by atoms with van der Waals surface area (Å²) in [5.41, 5.74) is 5.82. The average Bonchev–Trinajstić information content (AvgIpc) is 2.22. The number of hydrogen-bond donors (Lipinski definition) is 1. The highest BCUT2D eigenvalue weighted by Crippen LogP contribution is 2.41. The number of hydrogen-bond acceptors (Lipinski definition) is 2. The molecule has 1 saturated carbocycles. The molecule has 10 heavy (non-hydrogen) atoms. The summed E-state index contributed by atoms with van der Waals surface area (Å²) in [4.78, 5) is 0. The first-order chi connectivity index (χ1) is 4.36. The Labute approximate surface area is 72.5 Å². The van der Waals surface area contributed by atoms with E-state index in [-0.39, 0.29) is 12.4 Å².